The van der Waals surface area contributed by atoms with Crippen LogP contribution in [0.5, 0.6) is 0 Å². The second-order valence-corrected chi connectivity index (χ2v) is 7.37. The van der Waals surface area contributed by atoms with Crippen LogP contribution in [0.2, 0.25) is 5.02 Å². The van der Waals surface area contributed by atoms with Gasteiger partial charge < -0.3 is 10.0 Å². The molecule has 0 saturated carbocycles. The lowest BCUT2D eigenvalue weighted by Crippen LogP contribution is -2.26. The van der Waals surface area contributed by atoms with Gasteiger partial charge in [0.15, 0.2) is 0 Å². The molecule has 0 atom stereocenters. The van der Waals surface area contributed by atoms with Gasteiger partial charge in [0.2, 0.25) is 5.62 Å². The van der Waals surface area contributed by atoms with E-state index in [1.165, 1.54) is 16.7 Å². The normalized spacial score (nSPS) is 11.1. The summed E-state index contributed by atoms with van der Waals surface area (Å²) in [6.45, 7) is 3.20. The minimum absolute atomic E-state index is 0.101. The molecular formula is C21H19ClFN5O. The molecule has 0 aliphatic heterocycles. The van der Waals surface area contributed by atoms with Crippen molar-refractivity contribution in [3.8, 4) is 11.8 Å². The highest BCUT2D eigenvalue weighted by molar-refractivity contribution is 6.31. The zero-order valence-electron chi connectivity index (χ0n) is 16.1. The third kappa shape index (κ3) is 4.29. The summed E-state index contributed by atoms with van der Waals surface area (Å²) in [5.41, 5.74) is 0.493. The number of benzene rings is 2. The molecule has 29 heavy (non-hydrogen) atoms. The molecule has 3 aromatic rings. The van der Waals surface area contributed by atoms with Gasteiger partial charge in [-0.2, -0.15) is 4.98 Å². The van der Waals surface area contributed by atoms with Crippen LogP contribution in [0.3, 0.4) is 0 Å². The van der Waals surface area contributed by atoms with Crippen LogP contribution in [-0.2, 0) is 0 Å². The lowest BCUT2D eigenvalue weighted by molar-refractivity contribution is 0.143. The molecule has 6 nitrogen and oxygen atoms in total. The third-order valence-corrected chi connectivity index (χ3v) is 4.46. The van der Waals surface area contributed by atoms with E-state index in [4.69, 9.17) is 22.4 Å². The van der Waals surface area contributed by atoms with E-state index in [1.54, 1.807) is 31.9 Å². The molecule has 0 bridgehead atoms. The Kier molecular flexibility index (Phi) is 5.42. The highest BCUT2D eigenvalue weighted by Gasteiger charge is 2.16. The van der Waals surface area contributed by atoms with Crippen molar-refractivity contribution in [1.29, 1.82) is 10.8 Å². The summed E-state index contributed by atoms with van der Waals surface area (Å²) < 4.78 is 15.4. The summed E-state index contributed by atoms with van der Waals surface area (Å²) in [4.78, 5) is 5.96. The Morgan fingerprint density at radius 1 is 1.31 bits per heavy atom. The fourth-order valence-electron chi connectivity index (χ4n) is 2.77. The Hall–Kier alpha value is -3.21. The number of hydrogen-bond acceptors (Lipinski definition) is 5. The van der Waals surface area contributed by atoms with Crippen molar-refractivity contribution in [2.75, 3.05) is 11.9 Å². The summed E-state index contributed by atoms with van der Waals surface area (Å²) in [6.07, 6.45) is 0.933. The maximum Gasteiger partial charge on any atom is 0.229 e. The molecule has 3 N–H and O–H groups in total. The number of nitrogens with zero attached hydrogens (tertiary/aromatic N) is 3. The van der Waals surface area contributed by atoms with Crippen molar-refractivity contribution < 1.29 is 9.50 Å². The molecular weight excluding hydrogens is 393 g/mol. The number of aliphatic hydroxyl groups is 1. The minimum atomic E-state index is -1.11. The summed E-state index contributed by atoms with van der Waals surface area (Å²) in [6, 6.07) is 9.87. The van der Waals surface area contributed by atoms with Crippen LogP contribution in [-0.4, -0.2) is 33.6 Å². The summed E-state index contributed by atoms with van der Waals surface area (Å²) in [7, 11) is 1.74. The molecule has 148 valence electrons. The van der Waals surface area contributed by atoms with Gasteiger partial charge in [0.05, 0.1) is 16.9 Å². The summed E-state index contributed by atoms with van der Waals surface area (Å²) in [5.74, 6) is 5.40. The van der Waals surface area contributed by atoms with Crippen molar-refractivity contribution in [3.05, 3.63) is 58.4 Å². The van der Waals surface area contributed by atoms with Gasteiger partial charge in [-0.05, 0) is 44.2 Å². The molecule has 0 saturated heterocycles. The van der Waals surface area contributed by atoms with Crippen molar-refractivity contribution in [1.82, 2.24) is 9.55 Å². The Morgan fingerprint density at radius 3 is 2.69 bits per heavy atom. The number of nitrogens with one attached hydrogen (secondary N) is 2. The molecule has 0 aliphatic rings. The van der Waals surface area contributed by atoms with E-state index < -0.39 is 11.4 Å². The van der Waals surface area contributed by atoms with Crippen LogP contribution in [0.4, 0.5) is 15.9 Å². The molecule has 0 amide bonds. The van der Waals surface area contributed by atoms with Crippen LogP contribution in [0, 0.1) is 28.5 Å². The average molecular weight is 412 g/mol. The fourth-order valence-corrected chi connectivity index (χ4v) is 2.93. The molecule has 0 fully saturated rings. The lowest BCUT2D eigenvalue weighted by Gasteiger charge is -2.21. The first-order valence-corrected chi connectivity index (χ1v) is 9.04. The molecule has 3 rings (SSSR count). The van der Waals surface area contributed by atoms with Crippen molar-refractivity contribution >= 4 is 40.3 Å². The average Bonchev–Trinajstić information content (AvgIpc) is 2.66. The van der Waals surface area contributed by atoms with Crippen LogP contribution < -0.4 is 10.5 Å². The maximum absolute atomic E-state index is 14.2. The van der Waals surface area contributed by atoms with Gasteiger partial charge in [0.25, 0.3) is 0 Å². The van der Waals surface area contributed by atoms with E-state index in [-0.39, 0.29) is 10.6 Å². The first kappa shape index (κ1) is 20.5. The van der Waals surface area contributed by atoms with E-state index in [9.17, 15) is 9.50 Å². The number of rotatable bonds is 3. The van der Waals surface area contributed by atoms with Gasteiger partial charge >= 0.3 is 0 Å². The monoisotopic (exact) mass is 411 g/mol. The largest absolute Gasteiger partial charge is 0.378 e. The molecule has 2 aromatic carbocycles. The predicted octanol–water partition coefficient (Wildman–Crippen LogP) is 3.65. The van der Waals surface area contributed by atoms with Crippen LogP contribution in [0.15, 0.2) is 36.4 Å². The Balaban J connectivity index is 2.19. The molecule has 0 radical (unpaired) electrons. The number of aromatic nitrogens is 2. The van der Waals surface area contributed by atoms with Gasteiger partial charge in [-0.15, -0.1) is 0 Å². The number of anilines is 2. The summed E-state index contributed by atoms with van der Waals surface area (Å²) >= 11 is 5.92. The van der Waals surface area contributed by atoms with Gasteiger partial charge in [0, 0.05) is 23.7 Å². The van der Waals surface area contributed by atoms with Crippen molar-refractivity contribution in [2.45, 2.75) is 19.4 Å². The van der Waals surface area contributed by atoms with Gasteiger partial charge in [-0.3, -0.25) is 15.4 Å². The highest BCUT2D eigenvalue weighted by Crippen LogP contribution is 2.31. The molecule has 1 aromatic heterocycles. The lowest BCUT2D eigenvalue weighted by atomic mass is 10.1. The zero-order valence-corrected chi connectivity index (χ0v) is 16.8. The Bertz CT molecular complexity index is 1230. The minimum Gasteiger partial charge on any atom is -0.378 e. The van der Waals surface area contributed by atoms with E-state index in [2.05, 4.69) is 16.8 Å². The molecule has 0 spiro atoms. The van der Waals surface area contributed by atoms with Crippen LogP contribution in [0.1, 0.15) is 19.4 Å². The van der Waals surface area contributed by atoms with Crippen molar-refractivity contribution in [3.63, 3.8) is 0 Å². The van der Waals surface area contributed by atoms with Crippen LogP contribution in [0.25, 0.3) is 10.9 Å². The maximum atomic E-state index is 14.2. The van der Waals surface area contributed by atoms with Crippen molar-refractivity contribution in [2.24, 2.45) is 0 Å². The quantitative estimate of drug-likeness (QED) is 0.349. The van der Waals surface area contributed by atoms with E-state index in [1.807, 2.05) is 18.2 Å². The standard InChI is InChI=1S/C21H19ClFN5O/c1-21(2,29)8-7-13-5-4-6-14(9-13)27(3)19-15-10-17(23)16(22)11-18(15)28(12-24)20(25)26-19/h4-6,9-12,24-25,29H,1-3H3. The number of hydrogen-bond donors (Lipinski definition) is 3. The first-order valence-electron chi connectivity index (χ1n) is 8.66. The predicted molar refractivity (Wildman–Crippen MR) is 112 cm³/mol. The molecule has 0 aliphatic carbocycles. The molecule has 1 heterocycles. The second kappa shape index (κ2) is 7.66. The second-order valence-electron chi connectivity index (χ2n) is 6.96. The van der Waals surface area contributed by atoms with Crippen LogP contribution >= 0.6 is 11.6 Å². The topological polar surface area (TPSA) is 89.0 Å². The SMILES string of the molecule is CN(c1cccc(C#CC(C)(C)O)c1)c1nc(=N)n(C=N)c2cc(Cl)c(F)cc12. The third-order valence-electron chi connectivity index (χ3n) is 4.17. The van der Waals surface area contributed by atoms with E-state index in [0.29, 0.717) is 28.0 Å². The number of halogens is 2. The first-order chi connectivity index (χ1) is 13.6. The smallest absolute Gasteiger partial charge is 0.229 e. The molecule has 8 heteroatoms. The zero-order chi connectivity index (χ0) is 21.3. The van der Waals surface area contributed by atoms with E-state index in [0.717, 1.165) is 6.34 Å². The Morgan fingerprint density at radius 2 is 2.03 bits per heavy atom. The fraction of sp³-hybridized carbons (Fsp3) is 0.190. The summed E-state index contributed by atoms with van der Waals surface area (Å²) in [5, 5.41) is 25.8. The van der Waals surface area contributed by atoms with Gasteiger partial charge in [0.1, 0.15) is 17.2 Å². The molecule has 0 unspecified atom stereocenters. The highest BCUT2D eigenvalue weighted by atomic mass is 35.5. The van der Waals surface area contributed by atoms with Gasteiger partial charge in [-0.25, -0.2) is 4.39 Å². The van der Waals surface area contributed by atoms with E-state index >= 15 is 0 Å². The Labute approximate surface area is 172 Å². The van der Waals surface area contributed by atoms with Gasteiger partial charge in [-0.1, -0.05) is 29.5 Å². The number of fused-ring (bicyclic) bond motifs is 1.